The second kappa shape index (κ2) is 4.85. The van der Waals surface area contributed by atoms with E-state index in [4.69, 9.17) is 4.74 Å². The summed E-state index contributed by atoms with van der Waals surface area (Å²) >= 11 is 0. The van der Waals surface area contributed by atoms with E-state index in [0.717, 1.165) is 12.7 Å². The average molecular weight is 227 g/mol. The van der Waals surface area contributed by atoms with Gasteiger partial charge in [0, 0.05) is 12.5 Å². The van der Waals surface area contributed by atoms with Gasteiger partial charge < -0.3 is 14.8 Å². The Kier molecular flexibility index (Phi) is 3.94. The highest BCUT2D eigenvalue weighted by Crippen LogP contribution is 2.42. The lowest BCUT2D eigenvalue weighted by Crippen LogP contribution is -2.35. The monoisotopic (exact) mass is 227 g/mol. The number of hydrogen-bond acceptors (Lipinski definition) is 3. The zero-order chi connectivity index (χ0) is 12.3. The molecule has 16 heavy (non-hydrogen) atoms. The third kappa shape index (κ3) is 4.21. The van der Waals surface area contributed by atoms with E-state index in [0.29, 0.717) is 18.4 Å². The van der Waals surface area contributed by atoms with Crippen LogP contribution in [0.4, 0.5) is 4.79 Å². The molecule has 1 N–H and O–H groups in total. The lowest BCUT2D eigenvalue weighted by molar-refractivity contribution is -0.109. The van der Waals surface area contributed by atoms with E-state index in [1.165, 1.54) is 0 Å². The van der Waals surface area contributed by atoms with E-state index in [9.17, 15) is 9.59 Å². The smallest absolute Gasteiger partial charge is 0.407 e. The van der Waals surface area contributed by atoms with Crippen LogP contribution in [0.3, 0.4) is 0 Å². The Hall–Kier alpha value is -1.06. The molecule has 1 rings (SSSR count). The third-order valence-corrected chi connectivity index (χ3v) is 2.76. The summed E-state index contributed by atoms with van der Waals surface area (Å²) in [4.78, 5) is 21.9. The number of hydrogen-bond donors (Lipinski definition) is 1. The predicted molar refractivity (Wildman–Crippen MR) is 61.1 cm³/mol. The quantitative estimate of drug-likeness (QED) is 0.747. The molecule has 1 aliphatic carbocycles. The van der Waals surface area contributed by atoms with Crippen LogP contribution >= 0.6 is 0 Å². The second-order valence-corrected chi connectivity index (χ2v) is 5.56. The summed E-state index contributed by atoms with van der Waals surface area (Å²) in [5.41, 5.74) is -0.460. The zero-order valence-corrected chi connectivity index (χ0v) is 10.4. The summed E-state index contributed by atoms with van der Waals surface area (Å²) in [6.45, 7) is 8.12. The van der Waals surface area contributed by atoms with Gasteiger partial charge in [0.15, 0.2) is 0 Å². The maximum atomic E-state index is 11.4. The lowest BCUT2D eigenvalue weighted by Gasteiger charge is -2.20. The molecule has 4 nitrogen and oxygen atoms in total. The van der Waals surface area contributed by atoms with Gasteiger partial charge in [-0.1, -0.05) is 6.92 Å². The highest BCUT2D eigenvalue weighted by Gasteiger charge is 2.40. The minimum Gasteiger partial charge on any atom is -0.444 e. The Morgan fingerprint density at radius 1 is 1.56 bits per heavy atom. The average Bonchev–Trinajstić information content (AvgIpc) is 2.90. The molecular formula is C12H21NO3. The van der Waals surface area contributed by atoms with Crippen molar-refractivity contribution in [2.24, 2.45) is 17.8 Å². The molecule has 1 aliphatic rings. The Balaban J connectivity index is 2.20. The van der Waals surface area contributed by atoms with E-state index < -0.39 is 5.60 Å². The SMILES string of the molecule is CC(CNC(=O)OC(C)(C)C)[C@H]1C[C@@H]1C=O. The molecule has 4 heteroatoms. The summed E-state index contributed by atoms with van der Waals surface area (Å²) in [5.74, 6) is 0.977. The third-order valence-electron chi connectivity index (χ3n) is 2.76. The summed E-state index contributed by atoms with van der Waals surface area (Å²) in [6.07, 6.45) is 1.58. The Morgan fingerprint density at radius 2 is 2.19 bits per heavy atom. The molecule has 1 unspecified atom stereocenters. The van der Waals surface area contributed by atoms with Crippen LogP contribution < -0.4 is 5.32 Å². The van der Waals surface area contributed by atoms with Crippen molar-refractivity contribution >= 4 is 12.4 Å². The Labute approximate surface area is 96.7 Å². The molecule has 1 amide bonds. The summed E-state index contributed by atoms with van der Waals surface area (Å²) < 4.78 is 5.12. The van der Waals surface area contributed by atoms with Crippen molar-refractivity contribution in [2.75, 3.05) is 6.54 Å². The molecule has 0 saturated heterocycles. The number of nitrogens with one attached hydrogen (secondary N) is 1. The molecule has 0 heterocycles. The number of aldehydes is 1. The van der Waals surface area contributed by atoms with Crippen LogP contribution in [0.2, 0.25) is 0 Å². The highest BCUT2D eigenvalue weighted by atomic mass is 16.6. The van der Waals surface area contributed by atoms with Crippen LogP contribution in [0.1, 0.15) is 34.1 Å². The minimum atomic E-state index is -0.460. The number of carbonyl (C=O) groups is 2. The number of carbonyl (C=O) groups excluding carboxylic acids is 2. The van der Waals surface area contributed by atoms with Gasteiger partial charge in [0.05, 0.1) is 0 Å². The molecule has 0 bridgehead atoms. The van der Waals surface area contributed by atoms with Gasteiger partial charge in [-0.25, -0.2) is 4.79 Å². The lowest BCUT2D eigenvalue weighted by atomic mass is 10.1. The van der Waals surface area contributed by atoms with Crippen LogP contribution in [0.5, 0.6) is 0 Å². The van der Waals surface area contributed by atoms with Crippen LogP contribution in [-0.4, -0.2) is 24.5 Å². The number of rotatable bonds is 4. The molecule has 0 spiro atoms. The molecule has 92 valence electrons. The van der Waals surface area contributed by atoms with E-state index in [1.807, 2.05) is 27.7 Å². The summed E-state index contributed by atoms with van der Waals surface area (Å²) in [6, 6.07) is 0. The van der Waals surface area contributed by atoms with Crippen molar-refractivity contribution in [2.45, 2.75) is 39.7 Å². The fourth-order valence-electron chi connectivity index (χ4n) is 1.76. The molecule has 3 atom stereocenters. The predicted octanol–water partition coefficient (Wildman–Crippen LogP) is 1.98. The Bertz CT molecular complexity index is 270. The first-order chi connectivity index (χ1) is 7.33. The maximum Gasteiger partial charge on any atom is 0.407 e. The molecule has 1 fully saturated rings. The molecule has 0 aromatic carbocycles. The van der Waals surface area contributed by atoms with E-state index in [1.54, 1.807) is 0 Å². The standard InChI is InChI=1S/C12H21NO3/c1-8(10-5-9(10)7-14)6-13-11(15)16-12(2,3)4/h7-10H,5-6H2,1-4H3,(H,13,15)/t8?,9-,10-/m1/s1. The molecule has 0 radical (unpaired) electrons. The van der Waals surface area contributed by atoms with Crippen molar-refractivity contribution in [1.29, 1.82) is 0 Å². The number of alkyl carbamates (subject to hydrolysis) is 1. The minimum absolute atomic E-state index is 0.204. The topological polar surface area (TPSA) is 55.4 Å². The van der Waals surface area contributed by atoms with Crippen molar-refractivity contribution in [1.82, 2.24) is 5.32 Å². The van der Waals surface area contributed by atoms with Gasteiger partial charge in [-0.2, -0.15) is 0 Å². The van der Waals surface area contributed by atoms with Gasteiger partial charge in [-0.05, 0) is 39.0 Å². The number of amides is 1. The normalized spacial score (nSPS) is 25.8. The first kappa shape index (κ1) is 13.0. The van der Waals surface area contributed by atoms with E-state index in [-0.39, 0.29) is 12.0 Å². The van der Waals surface area contributed by atoms with E-state index in [2.05, 4.69) is 5.32 Å². The molecule has 0 aromatic heterocycles. The summed E-state index contributed by atoms with van der Waals surface area (Å²) in [5, 5.41) is 2.73. The van der Waals surface area contributed by atoms with Gasteiger partial charge in [0.25, 0.3) is 0 Å². The zero-order valence-electron chi connectivity index (χ0n) is 10.4. The first-order valence-corrected chi connectivity index (χ1v) is 5.75. The van der Waals surface area contributed by atoms with Gasteiger partial charge >= 0.3 is 6.09 Å². The summed E-state index contributed by atoms with van der Waals surface area (Å²) in [7, 11) is 0. The molecular weight excluding hydrogens is 206 g/mol. The molecule has 1 saturated carbocycles. The van der Waals surface area contributed by atoms with Crippen LogP contribution in [0.15, 0.2) is 0 Å². The van der Waals surface area contributed by atoms with Gasteiger partial charge in [0.2, 0.25) is 0 Å². The first-order valence-electron chi connectivity index (χ1n) is 5.75. The van der Waals surface area contributed by atoms with Crippen molar-refractivity contribution < 1.29 is 14.3 Å². The molecule has 0 aromatic rings. The Morgan fingerprint density at radius 3 is 2.62 bits per heavy atom. The van der Waals surface area contributed by atoms with Crippen LogP contribution in [0.25, 0.3) is 0 Å². The molecule has 0 aliphatic heterocycles. The highest BCUT2D eigenvalue weighted by molar-refractivity contribution is 5.67. The van der Waals surface area contributed by atoms with Gasteiger partial charge in [-0.15, -0.1) is 0 Å². The van der Waals surface area contributed by atoms with Gasteiger partial charge in [-0.3, -0.25) is 0 Å². The second-order valence-electron chi connectivity index (χ2n) is 5.56. The number of ether oxygens (including phenoxy) is 1. The van der Waals surface area contributed by atoms with Crippen LogP contribution in [-0.2, 0) is 9.53 Å². The van der Waals surface area contributed by atoms with Crippen molar-refractivity contribution in [3.05, 3.63) is 0 Å². The maximum absolute atomic E-state index is 11.4. The van der Waals surface area contributed by atoms with Crippen LogP contribution in [0, 0.1) is 17.8 Å². The van der Waals surface area contributed by atoms with Gasteiger partial charge in [0.1, 0.15) is 11.9 Å². The van der Waals surface area contributed by atoms with Crippen molar-refractivity contribution in [3.8, 4) is 0 Å². The fourth-order valence-corrected chi connectivity index (χ4v) is 1.76. The fraction of sp³-hybridized carbons (Fsp3) is 0.833. The van der Waals surface area contributed by atoms with Crippen molar-refractivity contribution in [3.63, 3.8) is 0 Å². The largest absolute Gasteiger partial charge is 0.444 e. The van der Waals surface area contributed by atoms with E-state index >= 15 is 0 Å².